The number of benzene rings is 1. The van der Waals surface area contributed by atoms with Crippen molar-refractivity contribution in [1.82, 2.24) is 0 Å². The third-order valence-corrected chi connectivity index (χ3v) is 3.43. The van der Waals surface area contributed by atoms with E-state index in [0.29, 0.717) is 29.4 Å². The zero-order valence-electron chi connectivity index (χ0n) is 13.6. The van der Waals surface area contributed by atoms with E-state index in [1.807, 2.05) is 6.92 Å². The summed E-state index contributed by atoms with van der Waals surface area (Å²) >= 11 is 0. The van der Waals surface area contributed by atoms with Crippen molar-refractivity contribution in [2.45, 2.75) is 20.3 Å². The van der Waals surface area contributed by atoms with Crippen LogP contribution in [0.25, 0.3) is 0 Å². The third kappa shape index (κ3) is 3.11. The molecule has 1 aliphatic carbocycles. The molecule has 2 rings (SSSR count). The number of hydrogen-bond donors (Lipinski definition) is 0. The van der Waals surface area contributed by atoms with Crippen molar-refractivity contribution in [2.24, 2.45) is 5.16 Å². The van der Waals surface area contributed by atoms with Crippen LogP contribution >= 0.6 is 0 Å². The van der Waals surface area contributed by atoms with E-state index < -0.39 is 0 Å². The lowest BCUT2D eigenvalue weighted by Gasteiger charge is -2.19. The highest BCUT2D eigenvalue weighted by atomic mass is 16.6. The van der Waals surface area contributed by atoms with E-state index >= 15 is 0 Å². The molecule has 0 N–H and O–H groups in total. The molecule has 0 saturated heterocycles. The summed E-state index contributed by atoms with van der Waals surface area (Å²) in [5.74, 6) is 0.00499. The third-order valence-electron chi connectivity index (χ3n) is 3.43. The Kier molecular flexibility index (Phi) is 5.16. The van der Waals surface area contributed by atoms with E-state index in [9.17, 15) is 9.59 Å². The van der Waals surface area contributed by atoms with E-state index in [1.54, 1.807) is 13.0 Å². The fourth-order valence-corrected chi connectivity index (χ4v) is 2.36. The first-order valence-corrected chi connectivity index (χ1v) is 7.27. The normalized spacial score (nSPS) is 13.8. The summed E-state index contributed by atoms with van der Waals surface area (Å²) in [5.41, 5.74) is 1.49. The number of ketones is 2. The number of ether oxygens (including phenoxy) is 2. The first kappa shape index (κ1) is 16.7. The molecule has 0 atom stereocenters. The lowest BCUT2D eigenvalue weighted by molar-refractivity contribution is 0.0989. The second-order valence-corrected chi connectivity index (χ2v) is 4.98. The van der Waals surface area contributed by atoms with Crippen LogP contribution in [0.1, 0.15) is 46.5 Å². The maximum Gasteiger partial charge on any atom is 0.190 e. The maximum absolute atomic E-state index is 12.3. The van der Waals surface area contributed by atoms with Crippen molar-refractivity contribution in [2.75, 3.05) is 20.8 Å². The van der Waals surface area contributed by atoms with Gasteiger partial charge in [-0.1, -0.05) is 12.1 Å². The number of nitrogens with zero attached hydrogens (tertiary/aromatic N) is 1. The molecule has 1 aromatic rings. The number of carbonyl (C=O) groups excluding carboxylic acids is 2. The molecule has 0 aliphatic heterocycles. The number of rotatable bonds is 6. The summed E-state index contributed by atoms with van der Waals surface area (Å²) in [5, 5.41) is 4.03. The van der Waals surface area contributed by atoms with Crippen molar-refractivity contribution in [3.63, 3.8) is 0 Å². The van der Waals surface area contributed by atoms with E-state index in [4.69, 9.17) is 14.3 Å². The van der Waals surface area contributed by atoms with Crippen molar-refractivity contribution >= 4 is 17.3 Å². The van der Waals surface area contributed by atoms with E-state index in [-0.39, 0.29) is 22.7 Å². The van der Waals surface area contributed by atoms with Gasteiger partial charge in [0.1, 0.15) is 18.1 Å². The van der Waals surface area contributed by atoms with Gasteiger partial charge in [0.25, 0.3) is 0 Å². The number of methoxy groups -OCH3 is 2. The Morgan fingerprint density at radius 3 is 2.30 bits per heavy atom. The van der Waals surface area contributed by atoms with E-state index in [0.717, 1.165) is 6.42 Å². The molecule has 0 aromatic heterocycles. The summed E-state index contributed by atoms with van der Waals surface area (Å²) in [6.45, 7) is 4.20. The lowest BCUT2D eigenvalue weighted by Crippen LogP contribution is -2.17. The highest BCUT2D eigenvalue weighted by Gasteiger charge is 2.30. The van der Waals surface area contributed by atoms with Crippen molar-refractivity contribution < 1.29 is 23.9 Å². The molecule has 23 heavy (non-hydrogen) atoms. The van der Waals surface area contributed by atoms with Crippen LogP contribution in [0.5, 0.6) is 11.5 Å². The van der Waals surface area contributed by atoms with Crippen LogP contribution in [0.2, 0.25) is 0 Å². The van der Waals surface area contributed by atoms with E-state index in [2.05, 4.69) is 5.16 Å². The highest BCUT2D eigenvalue weighted by molar-refractivity contribution is 6.25. The Bertz CT molecular complexity index is 703. The van der Waals surface area contributed by atoms with Gasteiger partial charge in [-0.15, -0.1) is 0 Å². The summed E-state index contributed by atoms with van der Waals surface area (Å²) in [7, 11) is 2.89. The van der Waals surface area contributed by atoms with Gasteiger partial charge in [0.15, 0.2) is 11.6 Å². The standard InChI is InChI=1S/C17H19NO5/c1-5-8-23-18-10(2)11-9-14(21-3)15-12(19)6-7-13(20)16(15)17(11)22-4/h6-7,9H,5,8H2,1-4H3/b18-10+. The monoisotopic (exact) mass is 317 g/mol. The minimum atomic E-state index is -0.307. The molecule has 0 amide bonds. The topological polar surface area (TPSA) is 74.2 Å². The van der Waals surface area contributed by atoms with Gasteiger partial charge < -0.3 is 14.3 Å². The van der Waals surface area contributed by atoms with Crippen LogP contribution in [-0.2, 0) is 4.84 Å². The molecular formula is C17H19NO5. The molecule has 0 bridgehead atoms. The Morgan fingerprint density at radius 1 is 1.09 bits per heavy atom. The molecule has 1 aromatic carbocycles. The maximum atomic E-state index is 12.3. The Balaban J connectivity index is 2.66. The fraction of sp³-hybridized carbons (Fsp3) is 0.353. The molecule has 0 saturated carbocycles. The quantitative estimate of drug-likeness (QED) is 0.458. The van der Waals surface area contributed by atoms with Gasteiger partial charge >= 0.3 is 0 Å². The molecular weight excluding hydrogens is 298 g/mol. The zero-order chi connectivity index (χ0) is 17.0. The smallest absolute Gasteiger partial charge is 0.190 e. The molecule has 0 unspecified atom stereocenters. The zero-order valence-corrected chi connectivity index (χ0v) is 13.6. The Morgan fingerprint density at radius 2 is 1.74 bits per heavy atom. The second kappa shape index (κ2) is 7.09. The minimum absolute atomic E-state index is 0.194. The summed E-state index contributed by atoms with van der Waals surface area (Å²) in [6.07, 6.45) is 3.30. The molecule has 122 valence electrons. The molecule has 0 radical (unpaired) electrons. The lowest BCUT2D eigenvalue weighted by atomic mass is 9.89. The van der Waals surface area contributed by atoms with Crippen LogP contribution < -0.4 is 9.47 Å². The molecule has 6 heteroatoms. The fourth-order valence-electron chi connectivity index (χ4n) is 2.36. The van der Waals surface area contributed by atoms with Gasteiger partial charge in [-0.3, -0.25) is 9.59 Å². The number of fused-ring (bicyclic) bond motifs is 1. The predicted molar refractivity (Wildman–Crippen MR) is 85.8 cm³/mol. The summed E-state index contributed by atoms with van der Waals surface area (Å²) < 4.78 is 10.7. The van der Waals surface area contributed by atoms with Gasteiger partial charge in [-0.25, -0.2) is 0 Å². The number of oxime groups is 1. The van der Waals surface area contributed by atoms with Gasteiger partial charge in [0, 0.05) is 5.56 Å². The number of hydrogen-bond acceptors (Lipinski definition) is 6. The van der Waals surface area contributed by atoms with Crippen LogP contribution in [-0.4, -0.2) is 38.1 Å². The summed E-state index contributed by atoms with van der Waals surface area (Å²) in [6, 6.07) is 1.64. The molecule has 1 aliphatic rings. The number of carbonyl (C=O) groups is 2. The highest BCUT2D eigenvalue weighted by Crippen LogP contribution is 2.37. The first-order valence-electron chi connectivity index (χ1n) is 7.27. The molecule has 0 spiro atoms. The van der Waals surface area contributed by atoms with Crippen LogP contribution in [0, 0.1) is 0 Å². The molecule has 0 fully saturated rings. The van der Waals surface area contributed by atoms with Gasteiger partial charge in [0.2, 0.25) is 0 Å². The second-order valence-electron chi connectivity index (χ2n) is 4.98. The van der Waals surface area contributed by atoms with Crippen molar-refractivity contribution in [3.8, 4) is 11.5 Å². The van der Waals surface area contributed by atoms with E-state index in [1.165, 1.54) is 26.4 Å². The summed E-state index contributed by atoms with van der Waals surface area (Å²) in [4.78, 5) is 29.6. The SMILES string of the molecule is CCCO/N=C(\C)c1cc(OC)c2c(c1OC)C(=O)C=CC2=O. The Hall–Kier alpha value is -2.63. The van der Waals surface area contributed by atoms with Crippen molar-refractivity contribution in [3.05, 3.63) is 34.9 Å². The van der Waals surface area contributed by atoms with Gasteiger partial charge in [0.05, 0.1) is 31.1 Å². The van der Waals surface area contributed by atoms with Crippen LogP contribution in [0.4, 0.5) is 0 Å². The Labute approximate surface area is 134 Å². The predicted octanol–water partition coefficient (Wildman–Crippen LogP) is 2.79. The first-order chi connectivity index (χ1) is 11.0. The largest absolute Gasteiger partial charge is 0.496 e. The molecule has 0 heterocycles. The number of allylic oxidation sites excluding steroid dienone is 2. The average Bonchev–Trinajstić information content (AvgIpc) is 2.56. The average molecular weight is 317 g/mol. The minimum Gasteiger partial charge on any atom is -0.496 e. The van der Waals surface area contributed by atoms with Gasteiger partial charge in [-0.05, 0) is 31.6 Å². The van der Waals surface area contributed by atoms with Crippen molar-refractivity contribution in [1.29, 1.82) is 0 Å². The van der Waals surface area contributed by atoms with Gasteiger partial charge in [-0.2, -0.15) is 0 Å². The molecule has 6 nitrogen and oxygen atoms in total. The van der Waals surface area contributed by atoms with Crippen LogP contribution in [0.15, 0.2) is 23.4 Å². The van der Waals surface area contributed by atoms with Crippen LogP contribution in [0.3, 0.4) is 0 Å².